The first kappa shape index (κ1) is 26.0. The molecule has 1 aliphatic heterocycles. The van der Waals surface area contributed by atoms with E-state index in [2.05, 4.69) is 10.5 Å². The molecule has 0 bridgehead atoms. The Bertz CT molecular complexity index is 1740. The van der Waals surface area contributed by atoms with E-state index in [1.807, 2.05) is 36.4 Å². The number of benzene rings is 5. The molecule has 0 aromatic heterocycles. The number of fused-ring (bicyclic) bond motifs is 3. The van der Waals surface area contributed by atoms with Crippen LogP contribution in [0.2, 0.25) is 0 Å². The van der Waals surface area contributed by atoms with Crippen molar-refractivity contribution in [3.63, 3.8) is 0 Å². The van der Waals surface area contributed by atoms with Crippen molar-refractivity contribution in [2.45, 2.75) is 6.42 Å². The van der Waals surface area contributed by atoms with Crippen LogP contribution in [-0.4, -0.2) is 38.6 Å². The second-order valence-corrected chi connectivity index (χ2v) is 9.07. The number of hydrazone groups is 1. The van der Waals surface area contributed by atoms with E-state index in [9.17, 15) is 30.0 Å². The van der Waals surface area contributed by atoms with Crippen LogP contribution in [0, 0.1) is 0 Å². The first-order valence-corrected chi connectivity index (χ1v) is 12.3. The highest BCUT2D eigenvalue weighted by molar-refractivity contribution is 6.02. The average molecular weight is 533 g/mol. The fraction of sp³-hybridized carbons (Fsp3) is 0.0312. The highest BCUT2D eigenvalue weighted by Gasteiger charge is 2.22. The van der Waals surface area contributed by atoms with Crippen LogP contribution < -0.4 is 5.43 Å². The van der Waals surface area contributed by atoms with E-state index in [4.69, 9.17) is 0 Å². The molecule has 0 saturated carbocycles. The van der Waals surface area contributed by atoms with Gasteiger partial charge in [-0.05, 0) is 51.4 Å². The van der Waals surface area contributed by atoms with Crippen molar-refractivity contribution in [2.24, 2.45) is 5.10 Å². The molecule has 0 fully saturated rings. The summed E-state index contributed by atoms with van der Waals surface area (Å²) in [4.78, 5) is 23.2. The highest BCUT2D eigenvalue weighted by atomic mass is 16.4. The molecule has 0 saturated heterocycles. The number of nitrogens with one attached hydrogen (secondary N) is 1. The average Bonchev–Trinajstić information content (AvgIpc) is 3.21. The van der Waals surface area contributed by atoms with Gasteiger partial charge in [-0.2, -0.15) is 5.10 Å². The van der Waals surface area contributed by atoms with Gasteiger partial charge in [0.15, 0.2) is 0 Å². The lowest BCUT2D eigenvalue weighted by Crippen LogP contribution is -2.04. The molecule has 6 rings (SSSR count). The molecular weight excluding hydrogens is 508 g/mol. The number of aromatic hydroxyl groups is 2. The number of allylic oxidation sites excluding steroid dienone is 1. The minimum atomic E-state index is -1.28. The molecule has 8 nitrogen and oxygen atoms in total. The Morgan fingerprint density at radius 3 is 1.75 bits per heavy atom. The van der Waals surface area contributed by atoms with E-state index in [-0.39, 0.29) is 17.5 Å². The summed E-state index contributed by atoms with van der Waals surface area (Å²) in [7, 11) is 0. The van der Waals surface area contributed by atoms with Gasteiger partial charge >= 0.3 is 11.9 Å². The smallest absolute Gasteiger partial charge is 0.339 e. The number of carboxylic acids is 2. The van der Waals surface area contributed by atoms with E-state index in [1.54, 1.807) is 54.7 Å². The molecule has 198 valence electrons. The molecule has 5 N–H and O–H groups in total. The summed E-state index contributed by atoms with van der Waals surface area (Å²) < 4.78 is 0. The van der Waals surface area contributed by atoms with Crippen LogP contribution in [0.15, 0.2) is 96.1 Å². The van der Waals surface area contributed by atoms with Crippen molar-refractivity contribution in [2.75, 3.05) is 5.43 Å². The number of carboxylic acid groups (broad SMARTS) is 2. The molecule has 5 aromatic carbocycles. The minimum absolute atomic E-state index is 0.0407. The van der Waals surface area contributed by atoms with Crippen molar-refractivity contribution in [1.29, 1.82) is 0 Å². The Hall–Kier alpha value is -5.63. The third-order valence-electron chi connectivity index (χ3n) is 6.65. The van der Waals surface area contributed by atoms with Gasteiger partial charge in [-0.25, -0.2) is 9.59 Å². The van der Waals surface area contributed by atoms with E-state index < -0.39 is 23.4 Å². The third kappa shape index (κ3) is 5.06. The Kier molecular flexibility index (Phi) is 7.15. The molecule has 5 aromatic rings. The molecular formula is C32H24N2O6. The second kappa shape index (κ2) is 11.0. The van der Waals surface area contributed by atoms with Gasteiger partial charge in [0.05, 0.1) is 5.69 Å². The minimum Gasteiger partial charge on any atom is -0.507 e. The fourth-order valence-corrected chi connectivity index (χ4v) is 4.72. The maximum absolute atomic E-state index is 11.6. The first-order valence-electron chi connectivity index (χ1n) is 12.3. The lowest BCUT2D eigenvalue weighted by atomic mass is 9.90. The summed E-state index contributed by atoms with van der Waals surface area (Å²) >= 11 is 0. The summed E-state index contributed by atoms with van der Waals surface area (Å²) in [6.07, 6.45) is 5.64. The van der Waals surface area contributed by atoms with Crippen LogP contribution >= 0.6 is 0 Å². The Balaban J connectivity index is 0.000000244. The number of nitrogens with zero attached hydrogens (tertiary/aromatic N) is 1. The summed E-state index contributed by atoms with van der Waals surface area (Å²) in [5.41, 5.74) is 5.27. The van der Waals surface area contributed by atoms with Crippen LogP contribution in [0.1, 0.15) is 37.4 Å². The predicted molar refractivity (Wildman–Crippen MR) is 156 cm³/mol. The molecule has 1 heterocycles. The van der Waals surface area contributed by atoms with Gasteiger partial charge in [0.1, 0.15) is 22.6 Å². The summed E-state index contributed by atoms with van der Waals surface area (Å²) in [5, 5.41) is 46.7. The maximum Gasteiger partial charge on any atom is 0.339 e. The van der Waals surface area contributed by atoms with Gasteiger partial charge in [-0.15, -0.1) is 0 Å². The molecule has 0 atom stereocenters. The van der Waals surface area contributed by atoms with Gasteiger partial charge < -0.3 is 20.4 Å². The predicted octanol–water partition coefficient (Wildman–Crippen LogP) is 6.50. The van der Waals surface area contributed by atoms with Gasteiger partial charge in [-0.1, -0.05) is 72.8 Å². The van der Waals surface area contributed by atoms with Crippen molar-refractivity contribution < 1.29 is 30.0 Å². The number of phenols is 2. The lowest BCUT2D eigenvalue weighted by molar-refractivity contribution is 0.0682. The highest BCUT2D eigenvalue weighted by Crippen LogP contribution is 2.38. The number of aromatic carboxylic acids is 2. The molecule has 0 unspecified atom stereocenters. The van der Waals surface area contributed by atoms with Crippen molar-refractivity contribution in [3.05, 3.63) is 119 Å². The number of anilines is 1. The van der Waals surface area contributed by atoms with Gasteiger partial charge in [0, 0.05) is 23.8 Å². The van der Waals surface area contributed by atoms with Crippen LogP contribution in [0.25, 0.3) is 27.6 Å². The number of hydrogen-bond acceptors (Lipinski definition) is 6. The molecule has 40 heavy (non-hydrogen) atoms. The van der Waals surface area contributed by atoms with E-state index in [0.29, 0.717) is 32.7 Å². The Morgan fingerprint density at radius 2 is 1.20 bits per heavy atom. The van der Waals surface area contributed by atoms with E-state index in [1.165, 1.54) is 17.7 Å². The SMILES string of the molecule is C1=Cc2ccccc2NN=C1.O=C(O)c1cc2ccccc2c(Cc2c(O)c(C(=O)O)cc3ccccc23)c1O. The largest absolute Gasteiger partial charge is 0.507 e. The third-order valence-corrected chi connectivity index (χ3v) is 6.65. The monoisotopic (exact) mass is 532 g/mol. The lowest BCUT2D eigenvalue weighted by Gasteiger charge is -2.16. The first-order chi connectivity index (χ1) is 19.3. The van der Waals surface area contributed by atoms with Crippen LogP contribution in [0.4, 0.5) is 5.69 Å². The molecule has 0 amide bonds. The van der Waals surface area contributed by atoms with Gasteiger partial charge in [-0.3, -0.25) is 5.43 Å². The number of para-hydroxylation sites is 1. The van der Waals surface area contributed by atoms with E-state index in [0.717, 1.165) is 5.69 Å². The molecule has 0 spiro atoms. The van der Waals surface area contributed by atoms with Crippen LogP contribution in [-0.2, 0) is 6.42 Å². The second-order valence-electron chi connectivity index (χ2n) is 9.07. The zero-order valence-corrected chi connectivity index (χ0v) is 21.1. The van der Waals surface area contributed by atoms with Gasteiger partial charge in [0.2, 0.25) is 0 Å². The summed E-state index contributed by atoms with van der Waals surface area (Å²) in [6, 6.07) is 24.8. The van der Waals surface area contributed by atoms with E-state index >= 15 is 0 Å². The molecule has 1 aliphatic rings. The molecule has 0 radical (unpaired) electrons. The number of hydrogen-bond donors (Lipinski definition) is 5. The number of carbonyl (C=O) groups is 2. The van der Waals surface area contributed by atoms with Gasteiger partial charge in [0.25, 0.3) is 0 Å². The Morgan fingerprint density at radius 1 is 0.700 bits per heavy atom. The van der Waals surface area contributed by atoms with Crippen molar-refractivity contribution in [1.82, 2.24) is 0 Å². The zero-order chi connectivity index (χ0) is 28.2. The van der Waals surface area contributed by atoms with Crippen LogP contribution in [0.5, 0.6) is 11.5 Å². The van der Waals surface area contributed by atoms with Crippen molar-refractivity contribution in [3.8, 4) is 11.5 Å². The molecule has 0 aliphatic carbocycles. The zero-order valence-electron chi connectivity index (χ0n) is 21.1. The summed E-state index contributed by atoms with van der Waals surface area (Å²) in [5.74, 6) is -3.36. The topological polar surface area (TPSA) is 139 Å². The maximum atomic E-state index is 11.6. The standard InChI is InChI=1S/C23H16O6.C9H8N2/c24-20-16(14-7-3-1-5-12(14)9-18(20)22(26)27)11-17-15-8-4-2-6-13(15)10-19(21(17)25)23(28)29;1-2-6-9-8(4-1)5-3-7-10-11-9/h1-10,24-25H,11H2,(H,26,27)(H,28,29);1-7,11H. The van der Waals surface area contributed by atoms with Crippen molar-refractivity contribution >= 4 is 51.5 Å². The normalized spacial score (nSPS) is 11.7. The quantitative estimate of drug-likeness (QED) is 0.178. The Labute approximate surface area is 228 Å². The number of rotatable bonds is 4. The summed E-state index contributed by atoms with van der Waals surface area (Å²) in [6.45, 7) is 0. The van der Waals surface area contributed by atoms with Crippen LogP contribution in [0.3, 0.4) is 0 Å². The molecule has 8 heteroatoms. The fourth-order valence-electron chi connectivity index (χ4n) is 4.72.